The lowest BCUT2D eigenvalue weighted by atomic mass is 9.98. The Morgan fingerprint density at radius 2 is 2.22 bits per heavy atom. The van der Waals surface area contributed by atoms with Gasteiger partial charge in [-0.25, -0.2) is 4.98 Å². The van der Waals surface area contributed by atoms with E-state index >= 15 is 0 Å². The number of nitrogens with zero attached hydrogens (tertiary/aromatic N) is 2. The molecule has 4 nitrogen and oxygen atoms in total. The van der Waals surface area contributed by atoms with Crippen molar-refractivity contribution in [3.63, 3.8) is 0 Å². The predicted octanol–water partition coefficient (Wildman–Crippen LogP) is 3.03. The van der Waals surface area contributed by atoms with E-state index in [0.29, 0.717) is 12.5 Å². The van der Waals surface area contributed by atoms with Crippen LogP contribution >= 0.6 is 0 Å². The smallest absolute Gasteiger partial charge is 0.218 e. The average Bonchev–Trinajstić information content (AvgIpc) is 2.72. The number of rotatable bonds is 5. The van der Waals surface area contributed by atoms with Crippen LogP contribution in [0.15, 0.2) is 6.07 Å². The largest absolute Gasteiger partial charge is 0.478 e. The van der Waals surface area contributed by atoms with Crippen molar-refractivity contribution in [1.29, 1.82) is 0 Å². The fraction of sp³-hybridized carbons (Fsp3) is 0.714. The Morgan fingerprint density at radius 3 is 2.89 bits per heavy atom. The van der Waals surface area contributed by atoms with Gasteiger partial charge in [0.1, 0.15) is 11.6 Å². The number of aryl methyl sites for hydroxylation is 1. The van der Waals surface area contributed by atoms with Crippen LogP contribution in [0.5, 0.6) is 5.88 Å². The fourth-order valence-corrected chi connectivity index (χ4v) is 2.61. The summed E-state index contributed by atoms with van der Waals surface area (Å²) in [5.41, 5.74) is 0. The van der Waals surface area contributed by atoms with Crippen molar-refractivity contribution in [2.45, 2.75) is 40.0 Å². The Balaban J connectivity index is 1.95. The second-order valence-corrected chi connectivity index (χ2v) is 5.12. The van der Waals surface area contributed by atoms with E-state index in [9.17, 15) is 0 Å². The molecule has 1 aliphatic rings. The molecular formula is C14H23N3O. The minimum atomic E-state index is 0.634. The average molecular weight is 249 g/mol. The van der Waals surface area contributed by atoms with Crippen LogP contribution < -0.4 is 10.1 Å². The zero-order valence-corrected chi connectivity index (χ0v) is 11.6. The third-order valence-corrected chi connectivity index (χ3v) is 3.69. The molecule has 1 aromatic heterocycles. The van der Waals surface area contributed by atoms with Gasteiger partial charge in [0, 0.05) is 12.6 Å². The summed E-state index contributed by atoms with van der Waals surface area (Å²) >= 11 is 0. The highest BCUT2D eigenvalue weighted by molar-refractivity contribution is 5.38. The van der Waals surface area contributed by atoms with Gasteiger partial charge < -0.3 is 10.1 Å². The van der Waals surface area contributed by atoms with E-state index in [1.807, 2.05) is 19.9 Å². The molecule has 0 bridgehead atoms. The Morgan fingerprint density at radius 1 is 1.39 bits per heavy atom. The normalized spacial score (nSPS) is 23.1. The quantitative estimate of drug-likeness (QED) is 0.871. The summed E-state index contributed by atoms with van der Waals surface area (Å²) < 4.78 is 5.43. The van der Waals surface area contributed by atoms with Crippen molar-refractivity contribution in [3.8, 4) is 5.88 Å². The molecule has 18 heavy (non-hydrogen) atoms. The molecule has 2 atom stereocenters. The van der Waals surface area contributed by atoms with Gasteiger partial charge in [-0.2, -0.15) is 4.98 Å². The van der Waals surface area contributed by atoms with Crippen LogP contribution in [0, 0.1) is 18.8 Å². The summed E-state index contributed by atoms with van der Waals surface area (Å²) in [6.45, 7) is 7.84. The number of ether oxygens (including phenoxy) is 1. The number of hydrogen-bond donors (Lipinski definition) is 1. The zero-order chi connectivity index (χ0) is 13.0. The van der Waals surface area contributed by atoms with Gasteiger partial charge in [0.15, 0.2) is 0 Å². The molecule has 0 aliphatic heterocycles. The summed E-state index contributed by atoms with van der Waals surface area (Å²) in [7, 11) is 0. The van der Waals surface area contributed by atoms with Crippen LogP contribution in [0.4, 0.5) is 5.82 Å². The summed E-state index contributed by atoms with van der Waals surface area (Å²) in [4.78, 5) is 8.64. The molecule has 0 saturated heterocycles. The molecule has 4 heteroatoms. The lowest BCUT2D eigenvalue weighted by Crippen LogP contribution is -2.17. The maximum atomic E-state index is 5.43. The standard InChI is InChI=1S/C14H23N3O/c1-4-18-14-8-13(16-11(3)17-14)15-9-12-7-5-6-10(12)2/h8,10,12H,4-7,9H2,1-3H3,(H,15,16,17). The van der Waals surface area contributed by atoms with E-state index in [-0.39, 0.29) is 0 Å². The van der Waals surface area contributed by atoms with Crippen molar-refractivity contribution in [2.75, 3.05) is 18.5 Å². The van der Waals surface area contributed by atoms with E-state index in [4.69, 9.17) is 4.74 Å². The first-order chi connectivity index (χ1) is 8.69. The SMILES string of the molecule is CCOc1cc(NCC2CCCC2C)nc(C)n1. The fourth-order valence-electron chi connectivity index (χ4n) is 2.61. The molecule has 1 heterocycles. The van der Waals surface area contributed by atoms with Crippen molar-refractivity contribution >= 4 is 5.82 Å². The van der Waals surface area contributed by atoms with Crippen LogP contribution in [0.3, 0.4) is 0 Å². The molecular weight excluding hydrogens is 226 g/mol. The van der Waals surface area contributed by atoms with Crippen molar-refractivity contribution in [3.05, 3.63) is 11.9 Å². The van der Waals surface area contributed by atoms with Crippen LogP contribution in [0.25, 0.3) is 0 Å². The molecule has 0 spiro atoms. The molecule has 1 aliphatic carbocycles. The van der Waals surface area contributed by atoms with E-state index in [1.165, 1.54) is 19.3 Å². The topological polar surface area (TPSA) is 47.0 Å². The molecule has 1 N–H and O–H groups in total. The Hall–Kier alpha value is -1.32. The Bertz CT molecular complexity index is 395. The molecule has 2 rings (SSSR count). The van der Waals surface area contributed by atoms with Gasteiger partial charge >= 0.3 is 0 Å². The van der Waals surface area contributed by atoms with Gasteiger partial charge in [-0.3, -0.25) is 0 Å². The van der Waals surface area contributed by atoms with Crippen LogP contribution in [0.2, 0.25) is 0 Å². The number of hydrogen-bond acceptors (Lipinski definition) is 4. The molecule has 100 valence electrons. The summed E-state index contributed by atoms with van der Waals surface area (Å²) in [5, 5.41) is 3.43. The highest BCUT2D eigenvalue weighted by Gasteiger charge is 2.22. The first kappa shape index (κ1) is 13.1. The lowest BCUT2D eigenvalue weighted by molar-refractivity contribution is 0.325. The highest BCUT2D eigenvalue weighted by Crippen LogP contribution is 2.31. The van der Waals surface area contributed by atoms with Crippen LogP contribution in [0.1, 0.15) is 38.9 Å². The number of anilines is 1. The first-order valence-electron chi connectivity index (χ1n) is 6.91. The molecule has 0 aromatic carbocycles. The van der Waals surface area contributed by atoms with Gasteiger partial charge in [0.25, 0.3) is 0 Å². The van der Waals surface area contributed by atoms with E-state index in [0.717, 1.165) is 30.0 Å². The Kier molecular flexibility index (Phi) is 4.39. The van der Waals surface area contributed by atoms with Gasteiger partial charge in [0.05, 0.1) is 6.61 Å². The van der Waals surface area contributed by atoms with Gasteiger partial charge in [0.2, 0.25) is 5.88 Å². The molecule has 1 fully saturated rings. The molecule has 1 aromatic rings. The number of aromatic nitrogens is 2. The first-order valence-corrected chi connectivity index (χ1v) is 6.91. The van der Waals surface area contributed by atoms with Gasteiger partial charge in [-0.1, -0.05) is 19.8 Å². The summed E-state index contributed by atoms with van der Waals surface area (Å²) in [5.74, 6) is 3.89. The molecule has 2 unspecified atom stereocenters. The number of nitrogens with one attached hydrogen (secondary N) is 1. The van der Waals surface area contributed by atoms with Gasteiger partial charge in [-0.05, 0) is 32.1 Å². The molecule has 0 amide bonds. The Labute approximate surface area is 109 Å². The monoisotopic (exact) mass is 249 g/mol. The third-order valence-electron chi connectivity index (χ3n) is 3.69. The van der Waals surface area contributed by atoms with E-state index in [1.54, 1.807) is 0 Å². The van der Waals surface area contributed by atoms with Gasteiger partial charge in [-0.15, -0.1) is 0 Å². The molecule has 1 saturated carbocycles. The minimum absolute atomic E-state index is 0.634. The second-order valence-electron chi connectivity index (χ2n) is 5.12. The zero-order valence-electron chi connectivity index (χ0n) is 11.6. The van der Waals surface area contributed by atoms with Crippen molar-refractivity contribution in [1.82, 2.24) is 9.97 Å². The van der Waals surface area contributed by atoms with Crippen LogP contribution in [-0.2, 0) is 0 Å². The third kappa shape index (κ3) is 3.34. The van der Waals surface area contributed by atoms with E-state index < -0.39 is 0 Å². The summed E-state index contributed by atoms with van der Waals surface area (Å²) in [6.07, 6.45) is 4.05. The van der Waals surface area contributed by atoms with E-state index in [2.05, 4.69) is 22.2 Å². The van der Waals surface area contributed by atoms with Crippen molar-refractivity contribution in [2.24, 2.45) is 11.8 Å². The maximum Gasteiger partial charge on any atom is 0.218 e. The summed E-state index contributed by atoms with van der Waals surface area (Å²) in [6, 6.07) is 1.89. The minimum Gasteiger partial charge on any atom is -0.478 e. The second kappa shape index (κ2) is 6.03. The van der Waals surface area contributed by atoms with Crippen molar-refractivity contribution < 1.29 is 4.74 Å². The lowest BCUT2D eigenvalue weighted by Gasteiger charge is -2.16. The molecule has 0 radical (unpaired) electrons. The predicted molar refractivity (Wildman–Crippen MR) is 72.9 cm³/mol. The highest BCUT2D eigenvalue weighted by atomic mass is 16.5. The maximum absolute atomic E-state index is 5.43. The van der Waals surface area contributed by atoms with Crippen LogP contribution in [-0.4, -0.2) is 23.1 Å².